The van der Waals surface area contributed by atoms with E-state index in [1.165, 1.54) is 6.08 Å². The van der Waals surface area contributed by atoms with Gasteiger partial charge in [0.2, 0.25) is 5.16 Å². The SMILES string of the molecule is Cc1nc(S/C(=C\c2ccc(I)o2)C(=O)O)n[nH]1. The van der Waals surface area contributed by atoms with E-state index >= 15 is 0 Å². The fourth-order valence-corrected chi connectivity index (χ4v) is 2.30. The average molecular weight is 377 g/mol. The molecule has 0 spiro atoms. The lowest BCUT2D eigenvalue weighted by molar-refractivity contribution is -0.131. The number of hydrogen-bond donors (Lipinski definition) is 2. The van der Waals surface area contributed by atoms with Crippen LogP contribution in [0.2, 0.25) is 0 Å². The van der Waals surface area contributed by atoms with E-state index in [1.807, 2.05) is 22.6 Å². The summed E-state index contributed by atoms with van der Waals surface area (Å²) in [6.45, 7) is 1.75. The molecular weight excluding hydrogens is 369 g/mol. The monoisotopic (exact) mass is 377 g/mol. The highest BCUT2D eigenvalue weighted by atomic mass is 127. The molecule has 2 N–H and O–H groups in total. The van der Waals surface area contributed by atoms with Crippen LogP contribution in [-0.2, 0) is 4.79 Å². The molecule has 8 heteroatoms. The number of rotatable bonds is 4. The number of carbonyl (C=O) groups is 1. The van der Waals surface area contributed by atoms with Crippen molar-refractivity contribution in [2.75, 3.05) is 0 Å². The molecule has 0 unspecified atom stereocenters. The lowest BCUT2D eigenvalue weighted by atomic mass is 10.4. The third-order valence-electron chi connectivity index (χ3n) is 1.86. The van der Waals surface area contributed by atoms with Gasteiger partial charge >= 0.3 is 5.97 Å². The molecule has 0 atom stereocenters. The van der Waals surface area contributed by atoms with Crippen molar-refractivity contribution < 1.29 is 14.3 Å². The van der Waals surface area contributed by atoms with Crippen molar-refractivity contribution in [3.05, 3.63) is 32.4 Å². The summed E-state index contributed by atoms with van der Waals surface area (Å²) in [5.41, 5.74) is 0. The van der Waals surface area contributed by atoms with Gasteiger partial charge in [0.25, 0.3) is 0 Å². The Hall–Kier alpha value is -1.29. The van der Waals surface area contributed by atoms with Crippen LogP contribution in [0.3, 0.4) is 0 Å². The zero-order valence-corrected chi connectivity index (χ0v) is 12.2. The van der Waals surface area contributed by atoms with Crippen molar-refractivity contribution in [1.29, 1.82) is 0 Å². The van der Waals surface area contributed by atoms with Crippen LogP contribution in [0, 0.1) is 10.7 Å². The minimum Gasteiger partial charge on any atom is -0.477 e. The van der Waals surface area contributed by atoms with Gasteiger partial charge in [0, 0.05) is 6.08 Å². The average Bonchev–Trinajstić information content (AvgIpc) is 2.87. The van der Waals surface area contributed by atoms with Gasteiger partial charge in [-0.15, -0.1) is 5.10 Å². The van der Waals surface area contributed by atoms with Crippen molar-refractivity contribution >= 4 is 46.4 Å². The quantitative estimate of drug-likeness (QED) is 0.483. The van der Waals surface area contributed by atoms with Crippen LogP contribution in [0.25, 0.3) is 6.08 Å². The first-order chi connectivity index (χ1) is 8.54. The van der Waals surface area contributed by atoms with Gasteiger partial charge in [0.1, 0.15) is 16.5 Å². The number of aryl methyl sites for hydroxylation is 1. The summed E-state index contributed by atoms with van der Waals surface area (Å²) >= 11 is 2.98. The van der Waals surface area contributed by atoms with Gasteiger partial charge in [-0.1, -0.05) is 0 Å². The number of H-pyrrole nitrogens is 1. The highest BCUT2D eigenvalue weighted by Gasteiger charge is 2.13. The first-order valence-electron chi connectivity index (χ1n) is 4.82. The maximum absolute atomic E-state index is 11.1. The van der Waals surface area contributed by atoms with Crippen molar-refractivity contribution in [2.24, 2.45) is 0 Å². The molecule has 0 bridgehead atoms. The van der Waals surface area contributed by atoms with Crippen molar-refractivity contribution in [1.82, 2.24) is 15.2 Å². The Morgan fingerprint density at radius 2 is 2.39 bits per heavy atom. The standard InChI is InChI=1S/C10H8IN3O3S/c1-5-12-10(14-13-5)18-7(9(15)16)4-6-2-3-8(11)17-6/h2-4H,1H3,(H,15,16)(H,12,13,14)/b7-4-. The van der Waals surface area contributed by atoms with Gasteiger partial charge < -0.3 is 9.52 Å². The van der Waals surface area contributed by atoms with Gasteiger partial charge in [-0.05, 0) is 53.4 Å². The second kappa shape index (κ2) is 5.57. The third-order valence-corrected chi connectivity index (χ3v) is 3.31. The van der Waals surface area contributed by atoms with E-state index in [0.29, 0.717) is 20.5 Å². The minimum absolute atomic E-state index is 0.0970. The van der Waals surface area contributed by atoms with E-state index in [2.05, 4.69) is 15.2 Å². The summed E-state index contributed by atoms with van der Waals surface area (Å²) in [7, 11) is 0. The van der Waals surface area contributed by atoms with Crippen LogP contribution in [0.5, 0.6) is 0 Å². The van der Waals surface area contributed by atoms with Crippen molar-refractivity contribution in [3.8, 4) is 0 Å². The predicted octanol–water partition coefficient (Wildman–Crippen LogP) is 2.53. The van der Waals surface area contributed by atoms with Crippen LogP contribution < -0.4 is 0 Å². The molecule has 0 aliphatic rings. The number of furan rings is 1. The molecule has 94 valence electrons. The van der Waals surface area contributed by atoms with Gasteiger partial charge in [0.15, 0.2) is 3.77 Å². The predicted molar refractivity (Wildman–Crippen MR) is 74.0 cm³/mol. The summed E-state index contributed by atoms with van der Waals surface area (Å²) in [5, 5.41) is 16.0. The normalized spacial score (nSPS) is 11.8. The number of carboxylic acid groups (broad SMARTS) is 1. The molecule has 2 aromatic rings. The number of aliphatic carboxylic acids is 1. The molecule has 0 saturated heterocycles. The molecule has 0 amide bonds. The van der Waals surface area contributed by atoms with Gasteiger partial charge in [-0.25, -0.2) is 9.78 Å². The van der Waals surface area contributed by atoms with Crippen LogP contribution in [0.4, 0.5) is 0 Å². The fraction of sp³-hybridized carbons (Fsp3) is 0.100. The lowest BCUT2D eigenvalue weighted by Crippen LogP contribution is -1.97. The molecule has 6 nitrogen and oxygen atoms in total. The Morgan fingerprint density at radius 1 is 1.61 bits per heavy atom. The van der Waals surface area contributed by atoms with Crippen molar-refractivity contribution in [3.63, 3.8) is 0 Å². The molecule has 0 aliphatic carbocycles. The number of hydrogen-bond acceptors (Lipinski definition) is 5. The first kappa shape index (κ1) is 13.1. The number of carboxylic acids is 1. The van der Waals surface area contributed by atoms with E-state index in [-0.39, 0.29) is 4.91 Å². The summed E-state index contributed by atoms with van der Waals surface area (Å²) in [6, 6.07) is 3.46. The molecule has 0 aromatic carbocycles. The highest BCUT2D eigenvalue weighted by Crippen LogP contribution is 2.26. The number of nitrogens with one attached hydrogen (secondary N) is 1. The lowest BCUT2D eigenvalue weighted by Gasteiger charge is -1.96. The Labute approximate surface area is 120 Å². The van der Waals surface area contributed by atoms with E-state index in [0.717, 1.165) is 11.8 Å². The smallest absolute Gasteiger partial charge is 0.342 e. The van der Waals surface area contributed by atoms with Gasteiger partial charge in [-0.2, -0.15) is 0 Å². The molecule has 0 fully saturated rings. The van der Waals surface area contributed by atoms with Crippen LogP contribution >= 0.6 is 34.4 Å². The van der Waals surface area contributed by atoms with Crippen molar-refractivity contribution in [2.45, 2.75) is 12.1 Å². The third kappa shape index (κ3) is 3.35. The maximum Gasteiger partial charge on any atom is 0.342 e. The number of aromatic amines is 1. The molecule has 2 heterocycles. The van der Waals surface area contributed by atoms with E-state index in [1.54, 1.807) is 19.1 Å². The fourth-order valence-electron chi connectivity index (χ4n) is 1.14. The number of halogens is 1. The molecule has 2 aromatic heterocycles. The minimum atomic E-state index is -1.05. The molecule has 2 rings (SSSR count). The Bertz CT molecular complexity index is 605. The summed E-state index contributed by atoms with van der Waals surface area (Å²) in [5.74, 6) is 0.0696. The number of nitrogens with zero attached hydrogens (tertiary/aromatic N) is 2. The second-order valence-corrected chi connectivity index (χ2v) is 5.33. The van der Waals surface area contributed by atoms with Crippen LogP contribution in [0.15, 0.2) is 26.6 Å². The summed E-state index contributed by atoms with van der Waals surface area (Å²) < 4.78 is 5.99. The van der Waals surface area contributed by atoms with Gasteiger partial charge in [-0.3, -0.25) is 5.10 Å². The molecule has 18 heavy (non-hydrogen) atoms. The molecule has 0 radical (unpaired) electrons. The molecular formula is C10H8IN3O3S. The van der Waals surface area contributed by atoms with Gasteiger partial charge in [0.05, 0.1) is 0 Å². The molecule has 0 aliphatic heterocycles. The van der Waals surface area contributed by atoms with E-state index < -0.39 is 5.97 Å². The largest absolute Gasteiger partial charge is 0.477 e. The van der Waals surface area contributed by atoms with E-state index in [9.17, 15) is 4.79 Å². The molecule has 0 saturated carbocycles. The Kier molecular flexibility index (Phi) is 4.07. The Balaban J connectivity index is 2.23. The van der Waals surface area contributed by atoms with Crippen LogP contribution in [-0.4, -0.2) is 26.3 Å². The number of thioether (sulfide) groups is 1. The zero-order valence-electron chi connectivity index (χ0n) is 9.18. The summed E-state index contributed by atoms with van der Waals surface area (Å²) in [6.07, 6.45) is 1.45. The zero-order chi connectivity index (χ0) is 13.1. The van der Waals surface area contributed by atoms with E-state index in [4.69, 9.17) is 9.52 Å². The first-order valence-corrected chi connectivity index (χ1v) is 6.71. The maximum atomic E-state index is 11.1. The van der Waals surface area contributed by atoms with Crippen LogP contribution in [0.1, 0.15) is 11.6 Å². The Morgan fingerprint density at radius 3 is 2.89 bits per heavy atom. The number of aromatic nitrogens is 3. The topological polar surface area (TPSA) is 92.0 Å². The summed E-state index contributed by atoms with van der Waals surface area (Å²) in [4.78, 5) is 15.3. The second-order valence-electron chi connectivity index (χ2n) is 3.26. The highest BCUT2D eigenvalue weighted by molar-refractivity contribution is 14.1.